The van der Waals surface area contributed by atoms with E-state index in [2.05, 4.69) is 10.3 Å². The molecule has 1 atom stereocenters. The van der Waals surface area contributed by atoms with Gasteiger partial charge in [0.15, 0.2) is 0 Å². The van der Waals surface area contributed by atoms with Crippen LogP contribution in [0.15, 0.2) is 48.7 Å². The standard InChI is InChI=1S/C19H21N3O3/c1-22-10-8-15(12-18(22)23)19(24)21-13-14-7-9-20-17(11-14)25-16-5-3-2-4-6-16/h2-7,9,11,15H,8,10,12-13H2,1H3,(H,21,24)/t15-/m0/s1. The Morgan fingerprint density at radius 3 is 2.88 bits per heavy atom. The molecule has 2 amide bonds. The van der Waals surface area contributed by atoms with Gasteiger partial charge in [0, 0.05) is 44.7 Å². The van der Waals surface area contributed by atoms with Crippen LogP contribution in [0, 0.1) is 5.92 Å². The predicted octanol–water partition coefficient (Wildman–Crippen LogP) is 2.36. The van der Waals surface area contributed by atoms with Gasteiger partial charge in [-0.2, -0.15) is 0 Å². The molecule has 0 saturated carbocycles. The van der Waals surface area contributed by atoms with Crippen molar-refractivity contribution < 1.29 is 14.3 Å². The molecule has 1 aromatic carbocycles. The molecule has 1 aromatic heterocycles. The summed E-state index contributed by atoms with van der Waals surface area (Å²) in [7, 11) is 1.77. The van der Waals surface area contributed by atoms with Crippen LogP contribution in [0.1, 0.15) is 18.4 Å². The summed E-state index contributed by atoms with van der Waals surface area (Å²) in [6.07, 6.45) is 2.63. The number of likely N-dealkylation sites (tertiary alicyclic amines) is 1. The van der Waals surface area contributed by atoms with E-state index in [1.807, 2.05) is 36.4 Å². The number of aromatic nitrogens is 1. The lowest BCUT2D eigenvalue weighted by Crippen LogP contribution is -2.41. The Hall–Kier alpha value is -2.89. The average Bonchev–Trinajstić information content (AvgIpc) is 2.63. The summed E-state index contributed by atoms with van der Waals surface area (Å²) in [5.41, 5.74) is 0.897. The number of para-hydroxylation sites is 1. The fourth-order valence-corrected chi connectivity index (χ4v) is 2.73. The normalized spacial score (nSPS) is 17.2. The van der Waals surface area contributed by atoms with Crippen molar-refractivity contribution in [2.75, 3.05) is 13.6 Å². The quantitative estimate of drug-likeness (QED) is 0.908. The highest BCUT2D eigenvalue weighted by Gasteiger charge is 2.28. The van der Waals surface area contributed by atoms with Crippen LogP contribution in [-0.4, -0.2) is 35.3 Å². The smallest absolute Gasteiger partial charge is 0.223 e. The topological polar surface area (TPSA) is 71.5 Å². The Bertz CT molecular complexity index is 749. The summed E-state index contributed by atoms with van der Waals surface area (Å²) in [4.78, 5) is 29.8. The monoisotopic (exact) mass is 339 g/mol. The Labute approximate surface area is 146 Å². The van der Waals surface area contributed by atoms with E-state index in [9.17, 15) is 9.59 Å². The van der Waals surface area contributed by atoms with Crippen LogP contribution >= 0.6 is 0 Å². The lowest BCUT2D eigenvalue weighted by Gasteiger charge is -2.27. The molecule has 1 aliphatic heterocycles. The third-order valence-corrected chi connectivity index (χ3v) is 4.26. The fraction of sp³-hybridized carbons (Fsp3) is 0.316. The molecule has 0 radical (unpaired) electrons. The van der Waals surface area contributed by atoms with Crippen molar-refractivity contribution in [1.29, 1.82) is 0 Å². The number of rotatable bonds is 5. The van der Waals surface area contributed by atoms with Crippen LogP contribution in [0.3, 0.4) is 0 Å². The van der Waals surface area contributed by atoms with Crippen molar-refractivity contribution in [3.8, 4) is 11.6 Å². The van der Waals surface area contributed by atoms with Gasteiger partial charge in [-0.25, -0.2) is 4.98 Å². The molecule has 0 bridgehead atoms. The molecular formula is C19H21N3O3. The fourth-order valence-electron chi connectivity index (χ4n) is 2.73. The van der Waals surface area contributed by atoms with E-state index < -0.39 is 0 Å². The van der Waals surface area contributed by atoms with Crippen molar-refractivity contribution in [3.05, 3.63) is 54.2 Å². The summed E-state index contributed by atoms with van der Waals surface area (Å²) >= 11 is 0. The molecule has 1 saturated heterocycles. The van der Waals surface area contributed by atoms with Crippen LogP contribution in [-0.2, 0) is 16.1 Å². The minimum atomic E-state index is -0.245. The van der Waals surface area contributed by atoms with Gasteiger partial charge in [0.05, 0.1) is 0 Å². The number of ether oxygens (including phenoxy) is 1. The van der Waals surface area contributed by atoms with Gasteiger partial charge in [0.2, 0.25) is 17.7 Å². The number of nitrogens with one attached hydrogen (secondary N) is 1. The number of hydrogen-bond acceptors (Lipinski definition) is 4. The van der Waals surface area contributed by atoms with E-state index in [1.165, 1.54) is 0 Å². The second kappa shape index (κ2) is 7.79. The van der Waals surface area contributed by atoms with Gasteiger partial charge in [-0.15, -0.1) is 0 Å². The molecule has 6 nitrogen and oxygen atoms in total. The van der Waals surface area contributed by atoms with E-state index in [0.717, 1.165) is 5.56 Å². The van der Waals surface area contributed by atoms with Gasteiger partial charge < -0.3 is 15.0 Å². The first-order chi connectivity index (χ1) is 12.1. The third kappa shape index (κ3) is 4.56. The Kier molecular flexibility index (Phi) is 5.28. The molecule has 2 heterocycles. The molecule has 0 aliphatic carbocycles. The number of piperidine rings is 1. The minimum Gasteiger partial charge on any atom is -0.439 e. The number of benzene rings is 1. The zero-order chi connectivity index (χ0) is 17.6. The maximum absolute atomic E-state index is 12.3. The molecule has 1 aliphatic rings. The van der Waals surface area contributed by atoms with E-state index in [1.54, 1.807) is 24.2 Å². The Morgan fingerprint density at radius 2 is 2.12 bits per heavy atom. The molecule has 0 spiro atoms. The summed E-state index contributed by atoms with van der Waals surface area (Å²) in [5, 5.41) is 2.90. The lowest BCUT2D eigenvalue weighted by molar-refractivity contribution is -0.139. The number of carbonyl (C=O) groups is 2. The second-order valence-corrected chi connectivity index (χ2v) is 6.14. The molecule has 25 heavy (non-hydrogen) atoms. The largest absolute Gasteiger partial charge is 0.439 e. The highest BCUT2D eigenvalue weighted by Crippen LogP contribution is 2.20. The number of carbonyl (C=O) groups excluding carboxylic acids is 2. The summed E-state index contributed by atoms with van der Waals surface area (Å²) in [6, 6.07) is 13.0. The van der Waals surface area contributed by atoms with Crippen molar-refractivity contribution in [2.24, 2.45) is 5.92 Å². The van der Waals surface area contributed by atoms with E-state index in [0.29, 0.717) is 31.1 Å². The molecular weight excluding hydrogens is 318 g/mol. The van der Waals surface area contributed by atoms with Crippen molar-refractivity contribution in [2.45, 2.75) is 19.4 Å². The number of amides is 2. The molecule has 130 valence electrons. The maximum Gasteiger partial charge on any atom is 0.223 e. The first-order valence-electron chi connectivity index (χ1n) is 8.31. The van der Waals surface area contributed by atoms with Crippen LogP contribution in [0.4, 0.5) is 0 Å². The van der Waals surface area contributed by atoms with Gasteiger partial charge in [0.1, 0.15) is 5.75 Å². The molecule has 1 N–H and O–H groups in total. The summed E-state index contributed by atoms with van der Waals surface area (Å²) in [6.45, 7) is 1.01. The van der Waals surface area contributed by atoms with Gasteiger partial charge in [0.25, 0.3) is 0 Å². The highest BCUT2D eigenvalue weighted by atomic mass is 16.5. The van der Waals surface area contributed by atoms with Crippen LogP contribution in [0.25, 0.3) is 0 Å². The lowest BCUT2D eigenvalue weighted by atomic mass is 9.95. The zero-order valence-corrected chi connectivity index (χ0v) is 14.1. The minimum absolute atomic E-state index is 0.0221. The zero-order valence-electron chi connectivity index (χ0n) is 14.1. The molecule has 3 rings (SSSR count). The predicted molar refractivity (Wildman–Crippen MR) is 93.0 cm³/mol. The molecule has 6 heteroatoms. The van der Waals surface area contributed by atoms with Gasteiger partial charge >= 0.3 is 0 Å². The van der Waals surface area contributed by atoms with Gasteiger partial charge in [-0.05, 0) is 30.2 Å². The Morgan fingerprint density at radius 1 is 1.32 bits per heavy atom. The maximum atomic E-state index is 12.3. The second-order valence-electron chi connectivity index (χ2n) is 6.14. The Balaban J connectivity index is 1.55. The van der Waals surface area contributed by atoms with E-state index in [4.69, 9.17) is 4.74 Å². The average molecular weight is 339 g/mol. The summed E-state index contributed by atoms with van der Waals surface area (Å²) < 4.78 is 5.69. The van der Waals surface area contributed by atoms with Crippen molar-refractivity contribution >= 4 is 11.8 Å². The molecule has 0 unspecified atom stereocenters. The number of hydrogen-bond donors (Lipinski definition) is 1. The first-order valence-corrected chi connectivity index (χ1v) is 8.31. The molecule has 1 fully saturated rings. The summed E-state index contributed by atoms with van der Waals surface area (Å²) in [5.74, 6) is 0.886. The highest BCUT2D eigenvalue weighted by molar-refractivity contribution is 5.86. The van der Waals surface area contributed by atoms with E-state index >= 15 is 0 Å². The number of nitrogens with zero attached hydrogens (tertiary/aromatic N) is 2. The van der Waals surface area contributed by atoms with Crippen molar-refractivity contribution in [3.63, 3.8) is 0 Å². The van der Waals surface area contributed by atoms with Crippen molar-refractivity contribution in [1.82, 2.24) is 15.2 Å². The molecule has 2 aromatic rings. The van der Waals surface area contributed by atoms with Gasteiger partial charge in [-0.1, -0.05) is 18.2 Å². The van der Waals surface area contributed by atoms with Gasteiger partial charge in [-0.3, -0.25) is 9.59 Å². The SMILES string of the molecule is CN1CC[C@H](C(=O)NCc2ccnc(Oc3ccccc3)c2)CC1=O. The van der Waals surface area contributed by atoms with Crippen LogP contribution < -0.4 is 10.1 Å². The van der Waals surface area contributed by atoms with Crippen LogP contribution in [0.2, 0.25) is 0 Å². The third-order valence-electron chi connectivity index (χ3n) is 4.26. The first kappa shape index (κ1) is 17.0. The van der Waals surface area contributed by atoms with Crippen LogP contribution in [0.5, 0.6) is 11.6 Å². The van der Waals surface area contributed by atoms with E-state index in [-0.39, 0.29) is 24.2 Å². The number of pyridine rings is 1.